The molecule has 0 atom stereocenters. The lowest BCUT2D eigenvalue weighted by atomic mass is 9.96. The van der Waals surface area contributed by atoms with E-state index in [4.69, 9.17) is 0 Å². The Kier molecular flexibility index (Phi) is 5.71. The van der Waals surface area contributed by atoms with Crippen LogP contribution in [-0.2, 0) is 16.0 Å². The van der Waals surface area contributed by atoms with E-state index in [-0.39, 0.29) is 11.8 Å². The molecule has 0 aliphatic rings. The third kappa shape index (κ3) is 5.32. The van der Waals surface area contributed by atoms with Crippen LogP contribution >= 0.6 is 11.3 Å². The second-order valence-corrected chi connectivity index (χ2v) is 7.55. The van der Waals surface area contributed by atoms with Crippen LogP contribution in [0.4, 0.5) is 0 Å². The number of carbonyl (C=O) groups excluding carboxylic acids is 2. The fraction of sp³-hybridized carbons (Fsp3) is 0.471. The van der Waals surface area contributed by atoms with Crippen LogP contribution in [0.3, 0.4) is 0 Å². The second-order valence-electron chi connectivity index (χ2n) is 6.43. The number of nitrogens with one attached hydrogen (secondary N) is 2. The SMILES string of the molecule is CC(C)(C)C(=O)NCCC(=O)NCCc1nc2ccccc2s1. The number of para-hydroxylation sites is 1. The van der Waals surface area contributed by atoms with Gasteiger partial charge in [-0.25, -0.2) is 4.98 Å². The van der Waals surface area contributed by atoms with Crippen molar-refractivity contribution in [3.05, 3.63) is 29.3 Å². The van der Waals surface area contributed by atoms with Crippen molar-refractivity contribution >= 4 is 33.4 Å². The van der Waals surface area contributed by atoms with Crippen LogP contribution in [0.1, 0.15) is 32.2 Å². The fourth-order valence-electron chi connectivity index (χ4n) is 1.98. The van der Waals surface area contributed by atoms with Crippen molar-refractivity contribution in [1.29, 1.82) is 0 Å². The van der Waals surface area contributed by atoms with Crippen molar-refractivity contribution in [3.63, 3.8) is 0 Å². The molecule has 2 aromatic rings. The lowest BCUT2D eigenvalue weighted by Crippen LogP contribution is -2.37. The molecular formula is C17H23N3O2S. The third-order valence-electron chi connectivity index (χ3n) is 3.32. The Labute approximate surface area is 140 Å². The van der Waals surface area contributed by atoms with Crippen molar-refractivity contribution in [2.24, 2.45) is 5.41 Å². The van der Waals surface area contributed by atoms with Crippen LogP contribution in [0, 0.1) is 5.41 Å². The van der Waals surface area contributed by atoms with E-state index in [0.717, 1.165) is 16.9 Å². The Balaban J connectivity index is 1.67. The molecule has 2 N–H and O–H groups in total. The lowest BCUT2D eigenvalue weighted by Gasteiger charge is -2.17. The molecule has 0 saturated carbocycles. The van der Waals surface area contributed by atoms with Gasteiger partial charge in [-0.3, -0.25) is 9.59 Å². The van der Waals surface area contributed by atoms with Crippen molar-refractivity contribution in [3.8, 4) is 0 Å². The highest BCUT2D eigenvalue weighted by molar-refractivity contribution is 7.18. The van der Waals surface area contributed by atoms with Gasteiger partial charge in [-0.1, -0.05) is 32.9 Å². The molecule has 0 spiro atoms. The molecule has 2 amide bonds. The predicted octanol–water partition coefficient (Wildman–Crippen LogP) is 2.51. The molecule has 1 aromatic carbocycles. The van der Waals surface area contributed by atoms with E-state index in [2.05, 4.69) is 15.6 Å². The topological polar surface area (TPSA) is 71.1 Å². The zero-order valence-electron chi connectivity index (χ0n) is 13.8. The summed E-state index contributed by atoms with van der Waals surface area (Å²) in [6.07, 6.45) is 1.01. The Morgan fingerprint density at radius 1 is 1.13 bits per heavy atom. The maximum atomic E-state index is 11.8. The normalized spacial score (nSPS) is 11.4. The zero-order chi connectivity index (χ0) is 16.9. The molecule has 0 saturated heterocycles. The maximum Gasteiger partial charge on any atom is 0.225 e. The summed E-state index contributed by atoms with van der Waals surface area (Å²) in [5.74, 6) is -0.0971. The van der Waals surface area contributed by atoms with Crippen LogP contribution in [-0.4, -0.2) is 29.9 Å². The van der Waals surface area contributed by atoms with Gasteiger partial charge in [0.2, 0.25) is 11.8 Å². The van der Waals surface area contributed by atoms with Gasteiger partial charge in [0.25, 0.3) is 0 Å². The molecule has 124 valence electrons. The number of amides is 2. The molecule has 6 heteroatoms. The van der Waals surface area contributed by atoms with Gasteiger partial charge in [0.1, 0.15) is 0 Å². The standard InChI is InChI=1S/C17H23N3O2S/c1-17(2,3)16(22)19-10-8-14(21)18-11-9-15-20-12-6-4-5-7-13(12)23-15/h4-7H,8-11H2,1-3H3,(H,18,21)(H,19,22). The van der Waals surface area contributed by atoms with Crippen molar-refractivity contribution in [2.45, 2.75) is 33.6 Å². The summed E-state index contributed by atoms with van der Waals surface area (Å²) in [5.41, 5.74) is 0.576. The third-order valence-corrected chi connectivity index (χ3v) is 4.41. The first kappa shape index (κ1) is 17.4. The van der Waals surface area contributed by atoms with Gasteiger partial charge in [-0.05, 0) is 12.1 Å². The summed E-state index contributed by atoms with van der Waals surface area (Å²) < 4.78 is 1.17. The van der Waals surface area contributed by atoms with Gasteiger partial charge in [0, 0.05) is 31.3 Å². The van der Waals surface area contributed by atoms with E-state index < -0.39 is 5.41 Å². The number of fused-ring (bicyclic) bond motifs is 1. The molecule has 1 heterocycles. The van der Waals surface area contributed by atoms with E-state index in [1.807, 2.05) is 45.0 Å². The van der Waals surface area contributed by atoms with Crippen LogP contribution in [0.5, 0.6) is 0 Å². The fourth-order valence-corrected chi connectivity index (χ4v) is 2.95. The summed E-state index contributed by atoms with van der Waals surface area (Å²) in [7, 11) is 0. The Bertz CT molecular complexity index is 655. The highest BCUT2D eigenvalue weighted by atomic mass is 32.1. The Morgan fingerprint density at radius 2 is 1.87 bits per heavy atom. The van der Waals surface area contributed by atoms with E-state index in [1.54, 1.807) is 11.3 Å². The molecule has 0 aliphatic carbocycles. The van der Waals surface area contributed by atoms with Gasteiger partial charge in [0.15, 0.2) is 0 Å². The van der Waals surface area contributed by atoms with Crippen molar-refractivity contribution in [2.75, 3.05) is 13.1 Å². The average Bonchev–Trinajstić information content (AvgIpc) is 2.88. The molecule has 0 unspecified atom stereocenters. The molecule has 23 heavy (non-hydrogen) atoms. The summed E-state index contributed by atoms with van der Waals surface area (Å²) in [4.78, 5) is 28.0. The highest BCUT2D eigenvalue weighted by Gasteiger charge is 2.20. The first-order valence-corrected chi connectivity index (χ1v) is 8.57. The first-order chi connectivity index (χ1) is 10.9. The summed E-state index contributed by atoms with van der Waals surface area (Å²) >= 11 is 1.65. The smallest absolute Gasteiger partial charge is 0.225 e. The minimum atomic E-state index is -0.427. The average molecular weight is 333 g/mol. The largest absolute Gasteiger partial charge is 0.356 e. The van der Waals surface area contributed by atoms with Gasteiger partial charge in [-0.15, -0.1) is 11.3 Å². The lowest BCUT2D eigenvalue weighted by molar-refractivity contribution is -0.128. The Hall–Kier alpha value is -1.95. The van der Waals surface area contributed by atoms with Crippen molar-refractivity contribution in [1.82, 2.24) is 15.6 Å². The van der Waals surface area contributed by atoms with Crippen molar-refractivity contribution < 1.29 is 9.59 Å². The van der Waals surface area contributed by atoms with Crippen LogP contribution in [0.25, 0.3) is 10.2 Å². The summed E-state index contributed by atoms with van der Waals surface area (Å²) in [6, 6.07) is 8.01. The number of carbonyl (C=O) groups is 2. The van der Waals surface area contributed by atoms with Gasteiger partial charge in [0.05, 0.1) is 15.2 Å². The number of hydrogen-bond acceptors (Lipinski definition) is 4. The van der Waals surface area contributed by atoms with Gasteiger partial charge >= 0.3 is 0 Å². The van der Waals surface area contributed by atoms with E-state index in [1.165, 1.54) is 4.70 Å². The van der Waals surface area contributed by atoms with E-state index in [9.17, 15) is 9.59 Å². The quantitative estimate of drug-likeness (QED) is 0.853. The minimum absolute atomic E-state index is 0.0419. The predicted molar refractivity (Wildman–Crippen MR) is 93.4 cm³/mol. The monoisotopic (exact) mass is 333 g/mol. The van der Waals surface area contributed by atoms with Gasteiger partial charge in [-0.2, -0.15) is 0 Å². The number of aromatic nitrogens is 1. The number of benzene rings is 1. The molecule has 0 aliphatic heterocycles. The summed E-state index contributed by atoms with van der Waals surface area (Å²) in [6.45, 7) is 6.47. The zero-order valence-corrected chi connectivity index (χ0v) is 14.6. The molecule has 0 bridgehead atoms. The van der Waals surface area contributed by atoms with E-state index >= 15 is 0 Å². The van der Waals surface area contributed by atoms with Gasteiger partial charge < -0.3 is 10.6 Å². The van der Waals surface area contributed by atoms with Crippen LogP contribution in [0.15, 0.2) is 24.3 Å². The highest BCUT2D eigenvalue weighted by Crippen LogP contribution is 2.21. The number of hydrogen-bond donors (Lipinski definition) is 2. The number of nitrogens with zero attached hydrogens (tertiary/aromatic N) is 1. The number of thiazole rings is 1. The second kappa shape index (κ2) is 7.55. The molecule has 2 rings (SSSR count). The van der Waals surface area contributed by atoms with E-state index in [0.29, 0.717) is 19.5 Å². The summed E-state index contributed by atoms with van der Waals surface area (Å²) in [5, 5.41) is 6.65. The molecule has 5 nitrogen and oxygen atoms in total. The van der Waals surface area contributed by atoms with Crippen LogP contribution in [0.2, 0.25) is 0 Å². The molecular weight excluding hydrogens is 310 g/mol. The minimum Gasteiger partial charge on any atom is -0.356 e. The maximum absolute atomic E-state index is 11.8. The molecule has 0 fully saturated rings. The molecule has 1 aromatic heterocycles. The van der Waals surface area contributed by atoms with Crippen LogP contribution < -0.4 is 10.6 Å². The first-order valence-electron chi connectivity index (χ1n) is 7.76. The Morgan fingerprint density at radius 3 is 2.57 bits per heavy atom. The molecule has 0 radical (unpaired) electrons. The number of rotatable bonds is 6.